The number of carbonyl (C=O) groups is 1. The Kier molecular flexibility index (Phi) is 31.4. The number of nitriles is 1. The average Bonchev–Trinajstić information content (AvgIpc) is 3.16. The van der Waals surface area contributed by atoms with Gasteiger partial charge < -0.3 is 15.3 Å². The molecule has 2 unspecified atom stereocenters. The minimum absolute atomic E-state index is 0.490. The van der Waals surface area contributed by atoms with Crippen LogP contribution in [0.1, 0.15) is 87.0 Å². The highest BCUT2D eigenvalue weighted by Gasteiger charge is 2.11. The Morgan fingerprint density at radius 2 is 1.88 bits per heavy atom. The molecule has 0 aromatic heterocycles. The monoisotopic (exact) mass is 564 g/mol. The molecule has 0 amide bonds. The Hall–Kier alpha value is -3.72. The highest BCUT2D eigenvalue weighted by molar-refractivity contribution is 5.66. The van der Waals surface area contributed by atoms with Crippen LogP contribution in [0.2, 0.25) is 0 Å². The molecule has 0 bridgehead atoms. The molecule has 1 aliphatic heterocycles. The lowest BCUT2D eigenvalue weighted by atomic mass is 9.90. The molecular formula is C35H56N4O2. The van der Waals surface area contributed by atoms with Gasteiger partial charge in [-0.2, -0.15) is 5.26 Å². The molecule has 0 saturated carbocycles. The summed E-state index contributed by atoms with van der Waals surface area (Å²) in [6.07, 6.45) is 23.7. The van der Waals surface area contributed by atoms with E-state index in [0.29, 0.717) is 19.1 Å². The summed E-state index contributed by atoms with van der Waals surface area (Å²) in [5.74, 6) is 2.25. The molecule has 0 radical (unpaired) electrons. The second-order valence-electron chi connectivity index (χ2n) is 9.45. The molecule has 228 valence electrons. The van der Waals surface area contributed by atoms with Gasteiger partial charge in [0.25, 0.3) is 0 Å². The quantitative estimate of drug-likeness (QED) is 0.0747. The minimum atomic E-state index is 0.490. The van der Waals surface area contributed by atoms with Crippen molar-refractivity contribution in [1.29, 1.82) is 5.26 Å². The number of carbonyl (C=O) groups excluding carboxylic acids is 1. The topological polar surface area (TPSA) is 101 Å². The van der Waals surface area contributed by atoms with Crippen LogP contribution in [-0.4, -0.2) is 32.5 Å². The van der Waals surface area contributed by atoms with E-state index in [1.54, 1.807) is 12.2 Å². The zero-order chi connectivity index (χ0) is 31.9. The van der Waals surface area contributed by atoms with Gasteiger partial charge in [-0.1, -0.05) is 89.0 Å². The number of hydrogen-bond donors (Lipinski definition) is 1. The number of unbranched alkanes of at least 4 members (excludes halogenated alkanes) is 1. The Balaban J connectivity index is -0.000000929. The maximum Gasteiger partial charge on any atom is 0.120 e. The van der Waals surface area contributed by atoms with Gasteiger partial charge in [-0.15, -0.1) is 6.58 Å². The molecule has 6 nitrogen and oxygen atoms in total. The van der Waals surface area contributed by atoms with E-state index in [0.717, 1.165) is 29.4 Å². The molecule has 0 aromatic rings. The molecule has 1 aliphatic rings. The lowest BCUT2D eigenvalue weighted by Gasteiger charge is -2.16. The van der Waals surface area contributed by atoms with Crippen LogP contribution in [0.15, 0.2) is 93.9 Å². The third-order valence-corrected chi connectivity index (χ3v) is 5.98. The summed E-state index contributed by atoms with van der Waals surface area (Å²) in [5, 5.41) is 7.95. The zero-order valence-corrected chi connectivity index (χ0v) is 26.9. The van der Waals surface area contributed by atoms with Crippen molar-refractivity contribution in [1.82, 2.24) is 0 Å². The van der Waals surface area contributed by atoms with Gasteiger partial charge in [-0.05, 0) is 57.1 Å². The predicted octanol–water partition coefficient (Wildman–Crippen LogP) is 9.02. The highest BCUT2D eigenvalue weighted by Crippen LogP contribution is 2.25. The molecule has 2 N–H and O–H groups in total. The summed E-state index contributed by atoms with van der Waals surface area (Å²) >= 11 is 0. The Morgan fingerprint density at radius 1 is 1.22 bits per heavy atom. The van der Waals surface area contributed by atoms with Crippen LogP contribution in [-0.2, 0) is 9.53 Å². The Labute approximate surface area is 251 Å². The van der Waals surface area contributed by atoms with Crippen molar-refractivity contribution in [2.75, 3.05) is 13.2 Å². The fraction of sp³-hybridized carbons (Fsp3) is 0.486. The number of rotatable bonds is 14. The molecule has 0 fully saturated rings. The van der Waals surface area contributed by atoms with Crippen molar-refractivity contribution in [2.24, 2.45) is 27.6 Å². The first-order chi connectivity index (χ1) is 19.7. The summed E-state index contributed by atoms with van der Waals surface area (Å²) in [5.41, 5.74) is 9.37. The summed E-state index contributed by atoms with van der Waals surface area (Å²) in [6, 6.07) is 1.83. The summed E-state index contributed by atoms with van der Waals surface area (Å²) in [6.45, 7) is 25.8. The zero-order valence-electron chi connectivity index (χ0n) is 26.9. The Morgan fingerprint density at radius 3 is 2.41 bits per heavy atom. The van der Waals surface area contributed by atoms with E-state index in [4.69, 9.17) is 20.5 Å². The van der Waals surface area contributed by atoms with Gasteiger partial charge in [0, 0.05) is 24.8 Å². The lowest BCUT2D eigenvalue weighted by Crippen LogP contribution is -2.02. The van der Waals surface area contributed by atoms with E-state index in [9.17, 15) is 0 Å². The smallest absolute Gasteiger partial charge is 0.120 e. The molecule has 0 spiro atoms. The van der Waals surface area contributed by atoms with Crippen LogP contribution < -0.4 is 5.73 Å². The number of allylic oxidation sites excluding steroid dienone is 8. The molecule has 2 atom stereocenters. The van der Waals surface area contributed by atoms with E-state index in [2.05, 4.69) is 82.1 Å². The third kappa shape index (κ3) is 23.8. The van der Waals surface area contributed by atoms with Gasteiger partial charge in [-0.3, -0.25) is 9.98 Å². The highest BCUT2D eigenvalue weighted by atomic mass is 16.5. The molecule has 41 heavy (non-hydrogen) atoms. The van der Waals surface area contributed by atoms with Gasteiger partial charge in [0.1, 0.15) is 12.5 Å². The summed E-state index contributed by atoms with van der Waals surface area (Å²) in [7, 11) is 0. The molecule has 1 rings (SSSR count). The standard InChI is InChI=1S/C26H41NO.C5H7N3.C3H6.CH2O/c1-8-11-12-20(4)13-14-21(5)22(6)15-16-24(9-2)25-19-26(28-10-3)23(7)17-18-27-25;6-3-1-2-4-8-5-7;1-3-2;1-2/h9,15-16,18-21H,6,8,10-14,17H2,1-5,7H3;1-2,5H,4H2,(H2,7,8);3H,1H2,2H3;1H2/b16-15-,24-9+;2-1+;;. The Bertz CT molecular complexity index is 959. The van der Waals surface area contributed by atoms with Gasteiger partial charge >= 0.3 is 0 Å². The molecule has 0 aliphatic carbocycles. The summed E-state index contributed by atoms with van der Waals surface area (Å²) < 4.78 is 5.80. The maximum atomic E-state index is 8.00. The van der Waals surface area contributed by atoms with Gasteiger partial charge in [0.2, 0.25) is 0 Å². The average molecular weight is 565 g/mol. The largest absolute Gasteiger partial charge is 0.494 e. The van der Waals surface area contributed by atoms with E-state index in [-0.39, 0.29) is 0 Å². The number of ether oxygens (including phenoxy) is 1. The van der Waals surface area contributed by atoms with Crippen molar-refractivity contribution < 1.29 is 9.53 Å². The molecule has 6 heteroatoms. The van der Waals surface area contributed by atoms with E-state index >= 15 is 0 Å². The SMILES string of the molecule is C=C(/C=C\C(=C/C)C1=CC(OCC)=C(C)CC=N1)C(C)CCC(C)CCCC.C=CC.C=O.N#C/C=C/CN=CN. The number of aliphatic imine (C=N–C) groups is 2. The first-order valence-electron chi connectivity index (χ1n) is 14.5. The normalized spacial score (nSPS) is 14.4. The summed E-state index contributed by atoms with van der Waals surface area (Å²) in [4.78, 5) is 16.3. The fourth-order valence-electron chi connectivity index (χ4n) is 3.48. The lowest BCUT2D eigenvalue weighted by molar-refractivity contribution is -0.0980. The van der Waals surface area contributed by atoms with E-state index in [1.165, 1.54) is 55.7 Å². The molecular weight excluding hydrogens is 508 g/mol. The second-order valence-corrected chi connectivity index (χ2v) is 9.45. The van der Waals surface area contributed by atoms with Crippen molar-refractivity contribution in [3.05, 3.63) is 83.9 Å². The van der Waals surface area contributed by atoms with Crippen LogP contribution in [0.5, 0.6) is 0 Å². The van der Waals surface area contributed by atoms with Crippen LogP contribution in [0.3, 0.4) is 0 Å². The van der Waals surface area contributed by atoms with Crippen molar-refractivity contribution in [3.8, 4) is 6.07 Å². The molecule has 0 saturated heterocycles. The first kappa shape index (κ1) is 41.8. The van der Waals surface area contributed by atoms with Crippen LogP contribution in [0.25, 0.3) is 0 Å². The maximum absolute atomic E-state index is 8.00. The van der Waals surface area contributed by atoms with E-state index in [1.807, 2.05) is 32.9 Å². The van der Waals surface area contributed by atoms with Crippen molar-refractivity contribution in [2.45, 2.75) is 87.0 Å². The number of nitrogens with two attached hydrogens (primary N) is 1. The van der Waals surface area contributed by atoms with Crippen molar-refractivity contribution in [3.63, 3.8) is 0 Å². The van der Waals surface area contributed by atoms with Crippen LogP contribution in [0, 0.1) is 23.2 Å². The fourth-order valence-corrected chi connectivity index (χ4v) is 3.48. The van der Waals surface area contributed by atoms with Gasteiger partial charge in [0.05, 0.1) is 31.3 Å². The molecule has 1 heterocycles. The van der Waals surface area contributed by atoms with Crippen LogP contribution in [0.4, 0.5) is 0 Å². The van der Waals surface area contributed by atoms with E-state index < -0.39 is 0 Å². The third-order valence-electron chi connectivity index (χ3n) is 5.98. The number of nitrogens with zero attached hydrogens (tertiary/aromatic N) is 3. The van der Waals surface area contributed by atoms with Gasteiger partial charge in [0.15, 0.2) is 0 Å². The second kappa shape index (κ2) is 30.8. The first-order valence-corrected chi connectivity index (χ1v) is 14.5. The predicted molar refractivity (Wildman–Crippen MR) is 180 cm³/mol. The van der Waals surface area contributed by atoms with Crippen molar-refractivity contribution >= 4 is 19.3 Å². The number of hydrogen-bond acceptors (Lipinski definition) is 5. The van der Waals surface area contributed by atoms with Crippen LogP contribution >= 0.6 is 0 Å². The molecule has 0 aromatic carbocycles. The van der Waals surface area contributed by atoms with Gasteiger partial charge in [-0.25, -0.2) is 0 Å². The minimum Gasteiger partial charge on any atom is -0.494 e.